The van der Waals surface area contributed by atoms with Gasteiger partial charge in [-0.2, -0.15) is 0 Å². The highest BCUT2D eigenvalue weighted by Gasteiger charge is 2.36. The first-order valence-corrected chi connectivity index (χ1v) is 9.93. The lowest BCUT2D eigenvalue weighted by molar-refractivity contribution is -0.119. The first-order chi connectivity index (χ1) is 13.0. The minimum atomic E-state index is -0.0206. The highest BCUT2D eigenvalue weighted by Crippen LogP contribution is 2.31. The minimum absolute atomic E-state index is 0.0206. The molecule has 0 unspecified atom stereocenters. The molecule has 0 bridgehead atoms. The predicted molar refractivity (Wildman–Crippen MR) is 104 cm³/mol. The zero-order valence-electron chi connectivity index (χ0n) is 15.7. The lowest BCUT2D eigenvalue weighted by Crippen LogP contribution is -2.38. The summed E-state index contributed by atoms with van der Waals surface area (Å²) in [6.45, 7) is 7.70. The van der Waals surface area contributed by atoms with Crippen molar-refractivity contribution in [2.45, 2.75) is 39.3 Å². The Balaban J connectivity index is 1.52. The van der Waals surface area contributed by atoms with E-state index < -0.39 is 0 Å². The maximum atomic E-state index is 11.6. The number of nitrogens with one attached hydrogen (secondary N) is 1. The van der Waals surface area contributed by atoms with Crippen molar-refractivity contribution in [1.82, 2.24) is 15.2 Å². The Morgan fingerprint density at radius 2 is 2.15 bits per heavy atom. The molecule has 3 aromatic rings. The fourth-order valence-electron chi connectivity index (χ4n) is 3.65. The quantitative estimate of drug-likeness (QED) is 0.725. The van der Waals surface area contributed by atoms with E-state index in [2.05, 4.69) is 10.2 Å². The van der Waals surface area contributed by atoms with Crippen LogP contribution in [-0.2, 0) is 11.3 Å². The van der Waals surface area contributed by atoms with Crippen LogP contribution in [-0.4, -0.2) is 34.9 Å². The Hall–Kier alpha value is -2.38. The molecule has 4 rings (SSSR count). The lowest BCUT2D eigenvalue weighted by atomic mass is 10.0. The van der Waals surface area contributed by atoms with Gasteiger partial charge in [-0.3, -0.25) is 9.69 Å². The number of aryl methyl sites for hydroxylation is 2. The maximum Gasteiger partial charge on any atom is 0.236 e. The van der Waals surface area contributed by atoms with Gasteiger partial charge < -0.3 is 14.2 Å². The molecule has 0 radical (unpaired) electrons. The van der Waals surface area contributed by atoms with Crippen molar-refractivity contribution in [1.29, 1.82) is 0 Å². The van der Waals surface area contributed by atoms with Gasteiger partial charge in [-0.1, -0.05) is 6.07 Å². The van der Waals surface area contributed by atoms with Crippen molar-refractivity contribution in [2.75, 3.05) is 13.1 Å². The molecular formula is C20H23N3O3S. The number of likely N-dealkylation sites (tertiary alicyclic amines) is 1. The molecule has 1 fully saturated rings. The minimum Gasteiger partial charge on any atom is -0.466 e. The number of hydrogen-bond acceptors (Lipinski definition) is 6. The number of rotatable bonds is 5. The molecule has 4 heterocycles. The van der Waals surface area contributed by atoms with E-state index in [1.807, 2.05) is 43.5 Å². The smallest absolute Gasteiger partial charge is 0.236 e. The molecule has 0 spiro atoms. The second kappa shape index (κ2) is 7.32. The van der Waals surface area contributed by atoms with E-state index in [0.29, 0.717) is 12.4 Å². The first-order valence-electron chi connectivity index (χ1n) is 9.05. The molecule has 0 aromatic carbocycles. The summed E-state index contributed by atoms with van der Waals surface area (Å²) in [5.41, 5.74) is 0.941. The summed E-state index contributed by atoms with van der Waals surface area (Å²) in [5, 5.41) is 5.09. The standard InChI is InChI=1S/C20H23N3O3S/c1-12-6-7-18(25-12)15-9-23(11-17(15)21-14(3)24)10-16-13(2)26-20(22-16)19-5-4-8-27-19/h4-8,15,17H,9-11H2,1-3H3,(H,21,24)/t15-,17-/m1/s1. The number of aromatic nitrogens is 1. The summed E-state index contributed by atoms with van der Waals surface area (Å²) in [4.78, 5) is 19.7. The summed E-state index contributed by atoms with van der Waals surface area (Å²) < 4.78 is 11.7. The normalized spacial score (nSPS) is 20.3. The molecular weight excluding hydrogens is 362 g/mol. The van der Waals surface area contributed by atoms with Crippen LogP contribution in [0.3, 0.4) is 0 Å². The van der Waals surface area contributed by atoms with Crippen molar-refractivity contribution >= 4 is 17.2 Å². The highest BCUT2D eigenvalue weighted by atomic mass is 32.1. The van der Waals surface area contributed by atoms with Gasteiger partial charge in [-0.25, -0.2) is 4.98 Å². The number of oxazole rings is 1. The Kier molecular flexibility index (Phi) is 4.88. The number of hydrogen-bond donors (Lipinski definition) is 1. The van der Waals surface area contributed by atoms with Gasteiger partial charge in [0.15, 0.2) is 0 Å². The van der Waals surface area contributed by atoms with E-state index in [1.165, 1.54) is 0 Å². The predicted octanol–water partition coefficient (Wildman–Crippen LogP) is 3.72. The van der Waals surface area contributed by atoms with Crippen LogP contribution >= 0.6 is 11.3 Å². The SMILES string of the molecule is CC(=O)N[C@@H]1CN(Cc2nc(-c3cccs3)oc2C)C[C@H]1c1ccc(C)o1. The summed E-state index contributed by atoms with van der Waals surface area (Å²) >= 11 is 1.62. The first kappa shape index (κ1) is 18.0. The molecule has 7 heteroatoms. The molecule has 2 atom stereocenters. The van der Waals surface area contributed by atoms with Gasteiger partial charge in [0.1, 0.15) is 17.3 Å². The molecule has 1 N–H and O–H groups in total. The Morgan fingerprint density at radius 1 is 1.30 bits per heavy atom. The van der Waals surface area contributed by atoms with Crippen LogP contribution in [0.15, 0.2) is 38.5 Å². The van der Waals surface area contributed by atoms with Crippen molar-refractivity contribution in [3.05, 3.63) is 52.6 Å². The molecule has 1 amide bonds. The zero-order chi connectivity index (χ0) is 19.0. The summed E-state index contributed by atoms with van der Waals surface area (Å²) in [5.74, 6) is 3.43. The van der Waals surface area contributed by atoms with E-state index >= 15 is 0 Å². The van der Waals surface area contributed by atoms with Gasteiger partial charge in [-0.15, -0.1) is 11.3 Å². The zero-order valence-corrected chi connectivity index (χ0v) is 16.5. The number of furan rings is 1. The summed E-state index contributed by atoms with van der Waals surface area (Å²) in [7, 11) is 0. The molecule has 1 aliphatic rings. The van der Waals surface area contributed by atoms with E-state index in [4.69, 9.17) is 13.8 Å². The number of nitrogens with zero attached hydrogens (tertiary/aromatic N) is 2. The van der Waals surface area contributed by atoms with Crippen molar-refractivity contribution < 1.29 is 13.6 Å². The second-order valence-electron chi connectivity index (χ2n) is 7.06. The number of carbonyl (C=O) groups is 1. The Labute approximate surface area is 162 Å². The van der Waals surface area contributed by atoms with Gasteiger partial charge in [0.25, 0.3) is 0 Å². The maximum absolute atomic E-state index is 11.6. The number of thiophene rings is 1. The molecule has 0 aliphatic carbocycles. The van der Waals surface area contributed by atoms with Crippen LogP contribution in [0, 0.1) is 13.8 Å². The van der Waals surface area contributed by atoms with Gasteiger partial charge in [0, 0.05) is 26.6 Å². The number of carbonyl (C=O) groups excluding carboxylic acids is 1. The molecule has 1 saturated heterocycles. The molecule has 27 heavy (non-hydrogen) atoms. The molecule has 142 valence electrons. The molecule has 6 nitrogen and oxygen atoms in total. The molecule has 3 aromatic heterocycles. The summed E-state index contributed by atoms with van der Waals surface area (Å²) in [6, 6.07) is 8.01. The van der Waals surface area contributed by atoms with E-state index in [1.54, 1.807) is 18.3 Å². The van der Waals surface area contributed by atoms with E-state index in [-0.39, 0.29) is 17.9 Å². The van der Waals surface area contributed by atoms with Crippen LogP contribution < -0.4 is 5.32 Å². The lowest BCUT2D eigenvalue weighted by Gasteiger charge is -2.17. The van der Waals surface area contributed by atoms with Crippen molar-refractivity contribution in [2.24, 2.45) is 0 Å². The average molecular weight is 385 g/mol. The monoisotopic (exact) mass is 385 g/mol. The Morgan fingerprint density at radius 3 is 2.81 bits per heavy atom. The fraction of sp³-hybridized carbons (Fsp3) is 0.400. The van der Waals surface area contributed by atoms with Gasteiger partial charge in [0.2, 0.25) is 11.8 Å². The van der Waals surface area contributed by atoms with Gasteiger partial charge >= 0.3 is 0 Å². The van der Waals surface area contributed by atoms with Crippen LogP contribution in [0.4, 0.5) is 0 Å². The van der Waals surface area contributed by atoms with Crippen LogP contribution in [0.5, 0.6) is 0 Å². The van der Waals surface area contributed by atoms with Crippen LogP contribution in [0.1, 0.15) is 35.8 Å². The second-order valence-corrected chi connectivity index (χ2v) is 8.00. The van der Waals surface area contributed by atoms with E-state index in [0.717, 1.165) is 40.9 Å². The van der Waals surface area contributed by atoms with Crippen LogP contribution in [0.2, 0.25) is 0 Å². The third-order valence-electron chi connectivity index (χ3n) is 4.91. The largest absolute Gasteiger partial charge is 0.466 e. The van der Waals surface area contributed by atoms with Gasteiger partial charge in [0.05, 0.1) is 22.5 Å². The Bertz CT molecular complexity index is 928. The van der Waals surface area contributed by atoms with Crippen molar-refractivity contribution in [3.63, 3.8) is 0 Å². The molecule has 1 aliphatic heterocycles. The van der Waals surface area contributed by atoms with Crippen LogP contribution in [0.25, 0.3) is 10.8 Å². The average Bonchev–Trinajstić information content (AvgIpc) is 3.36. The number of amides is 1. The third kappa shape index (κ3) is 3.84. The van der Waals surface area contributed by atoms with E-state index in [9.17, 15) is 4.79 Å². The fourth-order valence-corrected chi connectivity index (χ4v) is 4.30. The highest BCUT2D eigenvalue weighted by molar-refractivity contribution is 7.13. The molecule has 0 saturated carbocycles. The third-order valence-corrected chi connectivity index (χ3v) is 5.77. The summed E-state index contributed by atoms with van der Waals surface area (Å²) in [6.07, 6.45) is 0. The van der Waals surface area contributed by atoms with Gasteiger partial charge in [-0.05, 0) is 37.4 Å². The topological polar surface area (TPSA) is 71.5 Å². The van der Waals surface area contributed by atoms with Crippen molar-refractivity contribution in [3.8, 4) is 10.8 Å².